The second-order valence-electron chi connectivity index (χ2n) is 6.38. The van der Waals surface area contributed by atoms with Gasteiger partial charge in [-0.05, 0) is 38.1 Å². The third-order valence-corrected chi connectivity index (χ3v) is 6.28. The molecule has 0 aliphatic carbocycles. The van der Waals surface area contributed by atoms with E-state index in [0.29, 0.717) is 18.1 Å². The number of anilines is 1. The summed E-state index contributed by atoms with van der Waals surface area (Å²) in [6.07, 6.45) is 0. The molecule has 0 radical (unpaired) electrons. The van der Waals surface area contributed by atoms with Crippen molar-refractivity contribution in [3.8, 4) is 5.75 Å². The fourth-order valence-corrected chi connectivity index (χ4v) is 4.32. The predicted molar refractivity (Wildman–Crippen MR) is 103 cm³/mol. The van der Waals surface area contributed by atoms with E-state index in [-0.39, 0.29) is 36.9 Å². The van der Waals surface area contributed by atoms with Gasteiger partial charge in [-0.3, -0.25) is 14.9 Å². The quantitative estimate of drug-likeness (QED) is 0.709. The third kappa shape index (κ3) is 4.74. The highest BCUT2D eigenvalue weighted by molar-refractivity contribution is 7.89. The summed E-state index contributed by atoms with van der Waals surface area (Å²) in [4.78, 5) is 25.9. The van der Waals surface area contributed by atoms with Gasteiger partial charge in [-0.15, -0.1) is 0 Å². The van der Waals surface area contributed by atoms with Crippen molar-refractivity contribution >= 4 is 27.7 Å². The standard InChI is InChI=1S/C18H22N4O6S/c1-3-27-14-4-6-15(7-5-14)29(25,26)22-10-8-21(9-11-22)18(24)17(23)19-16-12-13(2)28-20-16/h4-7,12H,3,8-11H2,1-2H3,(H,19,20,23). The number of carbonyl (C=O) groups excluding carboxylic acids is 2. The Morgan fingerprint density at radius 2 is 1.83 bits per heavy atom. The van der Waals surface area contributed by atoms with E-state index in [2.05, 4.69) is 10.5 Å². The average molecular weight is 422 g/mol. The molecule has 1 aliphatic rings. The maximum absolute atomic E-state index is 12.8. The maximum atomic E-state index is 12.8. The van der Waals surface area contributed by atoms with Crippen molar-refractivity contribution in [3.05, 3.63) is 36.1 Å². The van der Waals surface area contributed by atoms with Gasteiger partial charge in [0, 0.05) is 32.2 Å². The van der Waals surface area contributed by atoms with Crippen molar-refractivity contribution in [1.82, 2.24) is 14.4 Å². The number of sulfonamides is 1. The van der Waals surface area contributed by atoms with Crippen molar-refractivity contribution in [2.24, 2.45) is 0 Å². The van der Waals surface area contributed by atoms with Crippen molar-refractivity contribution < 1.29 is 27.3 Å². The van der Waals surface area contributed by atoms with Crippen LogP contribution in [0.4, 0.5) is 5.82 Å². The van der Waals surface area contributed by atoms with Crippen LogP contribution in [0.15, 0.2) is 39.8 Å². The van der Waals surface area contributed by atoms with E-state index >= 15 is 0 Å². The van der Waals surface area contributed by atoms with E-state index in [1.54, 1.807) is 19.1 Å². The van der Waals surface area contributed by atoms with Crippen molar-refractivity contribution in [3.63, 3.8) is 0 Å². The van der Waals surface area contributed by atoms with Gasteiger partial charge in [0.2, 0.25) is 10.0 Å². The van der Waals surface area contributed by atoms with Crippen LogP contribution in [-0.4, -0.2) is 67.4 Å². The van der Waals surface area contributed by atoms with Gasteiger partial charge < -0.3 is 14.2 Å². The molecule has 1 aromatic carbocycles. The summed E-state index contributed by atoms with van der Waals surface area (Å²) in [5, 5.41) is 5.97. The lowest BCUT2D eigenvalue weighted by Gasteiger charge is -2.33. The number of aryl methyl sites for hydroxylation is 1. The number of benzene rings is 1. The van der Waals surface area contributed by atoms with Gasteiger partial charge in [0.25, 0.3) is 0 Å². The van der Waals surface area contributed by atoms with E-state index in [0.717, 1.165) is 0 Å². The van der Waals surface area contributed by atoms with Crippen LogP contribution < -0.4 is 10.1 Å². The summed E-state index contributed by atoms with van der Waals surface area (Å²) in [6.45, 7) is 4.41. The SMILES string of the molecule is CCOc1ccc(S(=O)(=O)N2CCN(C(=O)C(=O)Nc3cc(C)on3)CC2)cc1. The number of nitrogens with zero attached hydrogens (tertiary/aromatic N) is 3. The van der Waals surface area contributed by atoms with Crippen LogP contribution in [0.1, 0.15) is 12.7 Å². The fraction of sp³-hybridized carbons (Fsp3) is 0.389. The Morgan fingerprint density at radius 1 is 1.17 bits per heavy atom. The zero-order valence-corrected chi connectivity index (χ0v) is 16.9. The first kappa shape index (κ1) is 20.8. The van der Waals surface area contributed by atoms with Gasteiger partial charge in [-0.2, -0.15) is 4.31 Å². The molecule has 156 valence electrons. The Hall–Kier alpha value is -2.92. The number of piperazine rings is 1. The zero-order valence-electron chi connectivity index (χ0n) is 16.1. The molecule has 0 spiro atoms. The summed E-state index contributed by atoms with van der Waals surface area (Å²) < 4.78 is 37.0. The number of aromatic nitrogens is 1. The van der Waals surface area contributed by atoms with Crippen molar-refractivity contribution in [1.29, 1.82) is 0 Å². The number of hydrogen-bond acceptors (Lipinski definition) is 7. The molecule has 0 unspecified atom stereocenters. The molecular formula is C18H22N4O6S. The Morgan fingerprint density at radius 3 is 2.38 bits per heavy atom. The second kappa shape index (κ2) is 8.62. The summed E-state index contributed by atoms with van der Waals surface area (Å²) in [7, 11) is -3.69. The molecule has 10 nitrogen and oxygen atoms in total. The number of rotatable bonds is 5. The van der Waals surface area contributed by atoms with E-state index < -0.39 is 21.8 Å². The van der Waals surface area contributed by atoms with Crippen LogP contribution in [0, 0.1) is 6.92 Å². The molecule has 0 bridgehead atoms. The summed E-state index contributed by atoms with van der Waals surface area (Å²) in [5.74, 6) is -0.349. The van der Waals surface area contributed by atoms with E-state index in [1.807, 2.05) is 6.92 Å². The minimum atomic E-state index is -3.69. The minimum absolute atomic E-state index is 0.0949. The Balaban J connectivity index is 1.58. The van der Waals surface area contributed by atoms with Crippen LogP contribution in [0.5, 0.6) is 5.75 Å². The van der Waals surface area contributed by atoms with Crippen LogP contribution in [-0.2, 0) is 19.6 Å². The molecular weight excluding hydrogens is 400 g/mol. The molecule has 1 N–H and O–H groups in total. The summed E-state index contributed by atoms with van der Waals surface area (Å²) in [6, 6.07) is 7.68. The van der Waals surface area contributed by atoms with E-state index in [9.17, 15) is 18.0 Å². The molecule has 0 atom stereocenters. The van der Waals surface area contributed by atoms with Gasteiger partial charge in [0.1, 0.15) is 11.5 Å². The van der Waals surface area contributed by atoms with E-state index in [4.69, 9.17) is 9.26 Å². The van der Waals surface area contributed by atoms with Gasteiger partial charge in [-0.1, -0.05) is 5.16 Å². The van der Waals surface area contributed by atoms with Crippen molar-refractivity contribution in [2.45, 2.75) is 18.7 Å². The van der Waals surface area contributed by atoms with Gasteiger partial charge in [0.05, 0.1) is 11.5 Å². The lowest BCUT2D eigenvalue weighted by molar-refractivity contribution is -0.143. The molecule has 0 saturated carbocycles. The van der Waals surface area contributed by atoms with Gasteiger partial charge >= 0.3 is 11.8 Å². The number of amides is 2. The molecule has 1 aromatic heterocycles. The molecule has 11 heteroatoms. The van der Waals surface area contributed by atoms with E-state index in [1.165, 1.54) is 27.4 Å². The second-order valence-corrected chi connectivity index (χ2v) is 8.32. The first-order valence-electron chi connectivity index (χ1n) is 9.08. The van der Waals surface area contributed by atoms with Crippen LogP contribution in [0.3, 0.4) is 0 Å². The number of hydrogen-bond donors (Lipinski definition) is 1. The lowest BCUT2D eigenvalue weighted by Crippen LogP contribution is -2.52. The lowest BCUT2D eigenvalue weighted by atomic mass is 10.3. The van der Waals surface area contributed by atoms with Crippen LogP contribution >= 0.6 is 0 Å². The Labute approximate surface area is 168 Å². The molecule has 1 saturated heterocycles. The number of nitrogens with one attached hydrogen (secondary N) is 1. The fourth-order valence-electron chi connectivity index (χ4n) is 2.89. The molecule has 29 heavy (non-hydrogen) atoms. The first-order chi connectivity index (χ1) is 13.8. The van der Waals surface area contributed by atoms with Crippen molar-refractivity contribution in [2.75, 3.05) is 38.1 Å². The first-order valence-corrected chi connectivity index (χ1v) is 10.5. The summed E-state index contributed by atoms with van der Waals surface area (Å²) in [5.41, 5.74) is 0. The van der Waals surface area contributed by atoms with Gasteiger partial charge in [-0.25, -0.2) is 8.42 Å². The Kier molecular flexibility index (Phi) is 6.18. The highest BCUT2D eigenvalue weighted by Gasteiger charge is 2.32. The number of ether oxygens (including phenoxy) is 1. The van der Waals surface area contributed by atoms with Crippen LogP contribution in [0.2, 0.25) is 0 Å². The highest BCUT2D eigenvalue weighted by atomic mass is 32.2. The molecule has 1 aliphatic heterocycles. The zero-order chi connectivity index (χ0) is 21.0. The molecule has 2 aromatic rings. The van der Waals surface area contributed by atoms with Gasteiger partial charge in [0.15, 0.2) is 5.82 Å². The topological polar surface area (TPSA) is 122 Å². The summed E-state index contributed by atoms with van der Waals surface area (Å²) >= 11 is 0. The predicted octanol–water partition coefficient (Wildman–Crippen LogP) is 0.853. The Bertz CT molecular complexity index is 978. The molecule has 1 fully saturated rings. The normalized spacial score (nSPS) is 15.2. The highest BCUT2D eigenvalue weighted by Crippen LogP contribution is 2.21. The average Bonchev–Trinajstić information content (AvgIpc) is 3.12. The monoisotopic (exact) mass is 422 g/mol. The largest absolute Gasteiger partial charge is 0.494 e. The number of carbonyl (C=O) groups is 2. The smallest absolute Gasteiger partial charge is 0.315 e. The molecule has 2 amide bonds. The minimum Gasteiger partial charge on any atom is -0.494 e. The van der Waals surface area contributed by atoms with Crippen LogP contribution in [0.25, 0.3) is 0 Å². The molecule has 3 rings (SSSR count). The third-order valence-electron chi connectivity index (χ3n) is 4.36. The maximum Gasteiger partial charge on any atom is 0.315 e. The molecule has 2 heterocycles.